The van der Waals surface area contributed by atoms with Gasteiger partial charge in [-0.15, -0.1) is 11.3 Å². The quantitative estimate of drug-likeness (QED) is 0.468. The van der Waals surface area contributed by atoms with Gasteiger partial charge < -0.3 is 24.6 Å². The third-order valence-corrected chi connectivity index (χ3v) is 8.50. The second-order valence-corrected chi connectivity index (χ2v) is 11.3. The molecule has 38 heavy (non-hydrogen) atoms. The van der Waals surface area contributed by atoms with Gasteiger partial charge in [0.05, 0.1) is 35.3 Å². The van der Waals surface area contributed by atoms with Crippen molar-refractivity contribution < 1.29 is 24.0 Å². The molecule has 200 valence electrons. The van der Waals surface area contributed by atoms with Crippen molar-refractivity contribution in [2.75, 3.05) is 13.7 Å². The maximum atomic E-state index is 13.8. The van der Waals surface area contributed by atoms with E-state index in [9.17, 15) is 14.7 Å². The molecule has 4 atom stereocenters. The molecule has 0 aliphatic carbocycles. The normalized spacial score (nSPS) is 24.0. The summed E-state index contributed by atoms with van der Waals surface area (Å²) in [5, 5.41) is 17.8. The number of ether oxygens (including phenoxy) is 1. The fourth-order valence-corrected chi connectivity index (χ4v) is 6.19. The highest BCUT2D eigenvalue weighted by Crippen LogP contribution is 2.38. The van der Waals surface area contributed by atoms with Gasteiger partial charge in [0.1, 0.15) is 11.5 Å². The number of nitrogens with one attached hydrogen (secondary N) is 1. The van der Waals surface area contributed by atoms with E-state index in [0.29, 0.717) is 23.8 Å². The molecular formula is C28H32N4O5S. The average molecular weight is 537 g/mol. The van der Waals surface area contributed by atoms with Crippen LogP contribution in [0.25, 0.3) is 10.4 Å². The van der Waals surface area contributed by atoms with Gasteiger partial charge in [0.15, 0.2) is 11.5 Å². The molecule has 0 saturated carbocycles. The first-order valence-electron chi connectivity index (χ1n) is 12.7. The zero-order chi connectivity index (χ0) is 27.2. The Bertz CT molecular complexity index is 1380. The van der Waals surface area contributed by atoms with Crippen molar-refractivity contribution in [2.24, 2.45) is 5.92 Å². The maximum Gasteiger partial charge on any atom is 0.254 e. The first kappa shape index (κ1) is 26.1. The van der Waals surface area contributed by atoms with Crippen LogP contribution in [0.2, 0.25) is 0 Å². The number of benzene rings is 1. The number of nitrogens with zero attached hydrogens (tertiary/aromatic N) is 3. The van der Waals surface area contributed by atoms with Crippen LogP contribution in [-0.4, -0.2) is 57.6 Å². The molecule has 5 rings (SSSR count). The third kappa shape index (κ3) is 4.52. The third-order valence-electron chi connectivity index (χ3n) is 7.52. The molecule has 2 aliphatic heterocycles. The fraction of sp³-hybridized carbons (Fsp3) is 0.429. The van der Waals surface area contributed by atoms with Gasteiger partial charge in [-0.05, 0) is 36.0 Å². The lowest BCUT2D eigenvalue weighted by Crippen LogP contribution is -2.46. The average Bonchev–Trinajstić information content (AvgIpc) is 3.67. The molecule has 0 unspecified atom stereocenters. The molecule has 9 nitrogen and oxygen atoms in total. The highest BCUT2D eigenvalue weighted by atomic mass is 32.1. The van der Waals surface area contributed by atoms with Crippen LogP contribution in [0, 0.1) is 12.8 Å². The number of amides is 1. The number of aryl methyl sites for hydroxylation is 1. The number of hydrogen-bond acceptors (Lipinski definition) is 9. The monoisotopic (exact) mass is 536 g/mol. The van der Waals surface area contributed by atoms with E-state index >= 15 is 0 Å². The highest BCUT2D eigenvalue weighted by molar-refractivity contribution is 7.13. The Morgan fingerprint density at radius 2 is 2.05 bits per heavy atom. The summed E-state index contributed by atoms with van der Waals surface area (Å²) in [7, 11) is 1.49. The van der Waals surface area contributed by atoms with E-state index in [-0.39, 0.29) is 24.2 Å². The lowest BCUT2D eigenvalue weighted by Gasteiger charge is -2.32. The number of thiazole rings is 1. The van der Waals surface area contributed by atoms with Gasteiger partial charge >= 0.3 is 0 Å². The second kappa shape index (κ2) is 9.99. The Hall–Kier alpha value is -3.50. The first-order chi connectivity index (χ1) is 18.1. The van der Waals surface area contributed by atoms with Gasteiger partial charge in [0, 0.05) is 30.8 Å². The standard InChI is InChI=1S/C28H32N4O5S/c1-15(2)25(22-12-24(36-5)31-37-22)27(35)32-13-19(33)10-21(32)20-11-23(34)28(4,30-20)18-8-6-17(7-9-18)26-16(3)29-14-38-26/h6-9,11-12,14-15,19,21,25,30,33H,10,13H2,1-5H3/t19-,21+,25+,28+/m1/s1. The number of aromatic nitrogens is 2. The summed E-state index contributed by atoms with van der Waals surface area (Å²) < 4.78 is 10.6. The fourth-order valence-electron chi connectivity index (χ4n) is 5.38. The maximum absolute atomic E-state index is 13.8. The zero-order valence-electron chi connectivity index (χ0n) is 22.1. The summed E-state index contributed by atoms with van der Waals surface area (Å²) in [6.07, 6.45) is 1.21. The minimum atomic E-state index is -0.978. The summed E-state index contributed by atoms with van der Waals surface area (Å²) in [6.45, 7) is 7.87. The van der Waals surface area contributed by atoms with Crippen LogP contribution in [0.3, 0.4) is 0 Å². The van der Waals surface area contributed by atoms with E-state index in [1.54, 1.807) is 28.4 Å². The van der Waals surface area contributed by atoms with Crippen molar-refractivity contribution in [3.63, 3.8) is 0 Å². The van der Waals surface area contributed by atoms with Crippen molar-refractivity contribution in [3.05, 3.63) is 64.6 Å². The Labute approximate surface area is 225 Å². The Morgan fingerprint density at radius 3 is 2.66 bits per heavy atom. The minimum Gasteiger partial charge on any atom is -0.479 e. The number of aliphatic hydroxyl groups is 1. The summed E-state index contributed by atoms with van der Waals surface area (Å²) in [5.41, 5.74) is 4.32. The lowest BCUT2D eigenvalue weighted by atomic mass is 9.89. The molecule has 0 radical (unpaired) electrons. The lowest BCUT2D eigenvalue weighted by molar-refractivity contribution is -0.135. The van der Waals surface area contributed by atoms with E-state index in [0.717, 1.165) is 21.7 Å². The Kier molecular flexibility index (Phi) is 6.87. The van der Waals surface area contributed by atoms with Crippen LogP contribution in [0.4, 0.5) is 0 Å². The van der Waals surface area contributed by atoms with Crippen molar-refractivity contribution in [1.82, 2.24) is 20.4 Å². The number of β-amino-alcohol motifs (C(OH)–C–C–N with tert-alkyl or cyclic N) is 1. The molecule has 3 aromatic rings. The molecule has 2 N–H and O–H groups in total. The van der Waals surface area contributed by atoms with Crippen LogP contribution >= 0.6 is 11.3 Å². The van der Waals surface area contributed by atoms with Gasteiger partial charge in [-0.25, -0.2) is 4.98 Å². The minimum absolute atomic E-state index is 0.0864. The number of hydrogen-bond donors (Lipinski definition) is 2. The number of methoxy groups -OCH3 is 1. The van der Waals surface area contributed by atoms with E-state index < -0.39 is 23.6 Å². The molecule has 2 aromatic heterocycles. The first-order valence-corrected chi connectivity index (χ1v) is 13.5. The predicted molar refractivity (Wildman–Crippen MR) is 143 cm³/mol. The van der Waals surface area contributed by atoms with Crippen molar-refractivity contribution in [1.29, 1.82) is 0 Å². The summed E-state index contributed by atoms with van der Waals surface area (Å²) in [5.74, 6) is -0.262. The number of aliphatic hydroxyl groups excluding tert-OH is 1. The molecule has 2 aliphatic rings. The molecule has 10 heteroatoms. The Morgan fingerprint density at radius 1 is 1.32 bits per heavy atom. The summed E-state index contributed by atoms with van der Waals surface area (Å²) >= 11 is 1.58. The molecule has 1 fully saturated rings. The van der Waals surface area contributed by atoms with Crippen LogP contribution in [0.1, 0.15) is 50.1 Å². The van der Waals surface area contributed by atoms with Crippen LogP contribution in [-0.2, 0) is 15.1 Å². The molecule has 1 saturated heterocycles. The van der Waals surface area contributed by atoms with Crippen LogP contribution in [0.5, 0.6) is 5.88 Å². The molecule has 1 amide bonds. The van der Waals surface area contributed by atoms with Gasteiger partial charge in [-0.3, -0.25) is 9.59 Å². The van der Waals surface area contributed by atoms with Gasteiger partial charge in [0.25, 0.3) is 5.88 Å². The van der Waals surface area contributed by atoms with Crippen molar-refractivity contribution in [3.8, 4) is 16.3 Å². The largest absolute Gasteiger partial charge is 0.479 e. The van der Waals surface area contributed by atoms with E-state index in [1.807, 2.05) is 57.5 Å². The van der Waals surface area contributed by atoms with Crippen molar-refractivity contribution >= 4 is 23.0 Å². The molecule has 0 bridgehead atoms. The topological polar surface area (TPSA) is 118 Å². The van der Waals surface area contributed by atoms with Crippen LogP contribution in [0.15, 0.2) is 52.1 Å². The molecule has 4 heterocycles. The van der Waals surface area contributed by atoms with Gasteiger partial charge in [-0.2, -0.15) is 0 Å². The van der Waals surface area contributed by atoms with Gasteiger partial charge in [0.2, 0.25) is 5.91 Å². The van der Waals surface area contributed by atoms with Crippen molar-refractivity contribution in [2.45, 2.75) is 57.7 Å². The molecule has 1 aromatic carbocycles. The number of rotatable bonds is 7. The number of ketones is 1. The number of carbonyl (C=O) groups is 2. The molecular weight excluding hydrogens is 504 g/mol. The molecule has 0 spiro atoms. The summed E-state index contributed by atoms with van der Waals surface area (Å²) in [4.78, 5) is 34.2. The van der Waals surface area contributed by atoms with E-state index in [4.69, 9.17) is 9.26 Å². The highest BCUT2D eigenvalue weighted by Gasteiger charge is 2.47. The van der Waals surface area contributed by atoms with E-state index in [2.05, 4.69) is 15.5 Å². The number of carbonyl (C=O) groups excluding carboxylic acids is 2. The predicted octanol–water partition coefficient (Wildman–Crippen LogP) is 3.79. The summed E-state index contributed by atoms with van der Waals surface area (Å²) in [6, 6.07) is 9.07. The van der Waals surface area contributed by atoms with E-state index in [1.165, 1.54) is 7.11 Å². The second-order valence-electron chi connectivity index (χ2n) is 10.4. The SMILES string of the molecule is COc1cc([C@@H](C(=O)N2C[C@H](O)C[C@H]2C2=CC(=O)[C@](C)(c3ccc(-c4scnc4C)cc3)N2)C(C)C)on1. The smallest absolute Gasteiger partial charge is 0.254 e. The van der Waals surface area contributed by atoms with Crippen LogP contribution < -0.4 is 10.1 Å². The van der Waals surface area contributed by atoms with Gasteiger partial charge in [-0.1, -0.05) is 38.1 Å². The number of likely N-dealkylation sites (tertiary alicyclic amines) is 1. The zero-order valence-corrected chi connectivity index (χ0v) is 22.9. The Balaban J connectivity index is 1.39.